The van der Waals surface area contributed by atoms with E-state index in [0.717, 1.165) is 18.2 Å². The minimum atomic E-state index is -1.29. The highest BCUT2D eigenvalue weighted by molar-refractivity contribution is 9.10. The first-order chi connectivity index (χ1) is 9.88. The number of carboxylic acids is 1. The maximum absolute atomic E-state index is 13.4. The van der Waals surface area contributed by atoms with Gasteiger partial charge in [0, 0.05) is 12.1 Å². The molecule has 2 aromatic carbocycles. The summed E-state index contributed by atoms with van der Waals surface area (Å²) >= 11 is 2.97. The van der Waals surface area contributed by atoms with Gasteiger partial charge in [-0.15, -0.1) is 0 Å². The second kappa shape index (κ2) is 5.88. The zero-order chi connectivity index (χ0) is 15.6. The summed E-state index contributed by atoms with van der Waals surface area (Å²) in [7, 11) is 0. The fraction of sp³-hybridized carbons (Fsp3) is 0. The van der Waals surface area contributed by atoms with Crippen molar-refractivity contribution in [2.45, 2.75) is 0 Å². The molecule has 0 bridgehead atoms. The zero-order valence-corrected chi connectivity index (χ0v) is 11.8. The second-order valence-electron chi connectivity index (χ2n) is 3.92. The molecule has 0 spiro atoms. The van der Waals surface area contributed by atoms with E-state index in [0.29, 0.717) is 0 Å². The van der Waals surface area contributed by atoms with Crippen LogP contribution in [0.25, 0.3) is 0 Å². The fourth-order valence-electron chi connectivity index (χ4n) is 1.55. The lowest BCUT2D eigenvalue weighted by Crippen LogP contribution is -2.00. The number of nitro benzene ring substituents is 1. The van der Waals surface area contributed by atoms with Crippen LogP contribution in [0.2, 0.25) is 0 Å². The summed E-state index contributed by atoms with van der Waals surface area (Å²) in [5, 5.41) is 19.8. The number of rotatable bonds is 4. The van der Waals surface area contributed by atoms with Crippen molar-refractivity contribution in [1.82, 2.24) is 0 Å². The molecule has 0 heterocycles. The van der Waals surface area contributed by atoms with Crippen molar-refractivity contribution in [3.05, 3.63) is 62.4 Å². The number of carboxylic acid groups (broad SMARTS) is 1. The highest BCUT2D eigenvalue weighted by Gasteiger charge is 2.19. The number of aromatic carboxylic acids is 1. The number of hydrogen-bond donors (Lipinski definition) is 1. The van der Waals surface area contributed by atoms with Gasteiger partial charge in [0.25, 0.3) is 0 Å². The van der Waals surface area contributed by atoms with Crippen molar-refractivity contribution in [2.75, 3.05) is 0 Å². The predicted octanol–water partition coefficient (Wildman–Crippen LogP) is 3.99. The van der Waals surface area contributed by atoms with Gasteiger partial charge in [0.1, 0.15) is 11.6 Å². The number of carbonyl (C=O) groups is 1. The van der Waals surface area contributed by atoms with Crippen LogP contribution in [0.4, 0.5) is 10.1 Å². The number of hydrogen-bond acceptors (Lipinski definition) is 4. The topological polar surface area (TPSA) is 89.7 Å². The van der Waals surface area contributed by atoms with Gasteiger partial charge in [0.2, 0.25) is 5.75 Å². The third-order valence-electron chi connectivity index (χ3n) is 2.52. The third kappa shape index (κ3) is 3.34. The van der Waals surface area contributed by atoms with E-state index in [-0.39, 0.29) is 21.5 Å². The lowest BCUT2D eigenvalue weighted by molar-refractivity contribution is -0.385. The molecule has 0 saturated heterocycles. The van der Waals surface area contributed by atoms with Crippen LogP contribution in [0.3, 0.4) is 0 Å². The van der Waals surface area contributed by atoms with E-state index in [2.05, 4.69) is 15.9 Å². The van der Waals surface area contributed by atoms with Gasteiger partial charge in [-0.2, -0.15) is 0 Å². The summed E-state index contributed by atoms with van der Waals surface area (Å²) < 4.78 is 18.8. The Hall–Kier alpha value is -2.48. The van der Waals surface area contributed by atoms with Gasteiger partial charge in [-0.25, -0.2) is 9.18 Å². The van der Waals surface area contributed by atoms with Crippen molar-refractivity contribution in [3.63, 3.8) is 0 Å². The average Bonchev–Trinajstić information content (AvgIpc) is 2.43. The lowest BCUT2D eigenvalue weighted by atomic mass is 10.2. The third-order valence-corrected chi connectivity index (χ3v) is 3.16. The van der Waals surface area contributed by atoms with E-state index in [1.165, 1.54) is 18.2 Å². The van der Waals surface area contributed by atoms with Crippen molar-refractivity contribution in [1.29, 1.82) is 0 Å². The maximum Gasteiger partial charge on any atom is 0.335 e. The Morgan fingerprint density at radius 1 is 1.29 bits per heavy atom. The first kappa shape index (κ1) is 14.9. The molecular formula is C13H7BrFNO5. The summed E-state index contributed by atoms with van der Waals surface area (Å²) in [5.74, 6) is -2.00. The summed E-state index contributed by atoms with van der Waals surface area (Å²) in [4.78, 5) is 21.0. The average molecular weight is 356 g/mol. The Labute approximate surface area is 126 Å². The van der Waals surface area contributed by atoms with Gasteiger partial charge in [-0.05, 0) is 40.2 Å². The first-order valence-corrected chi connectivity index (χ1v) is 6.32. The Balaban J connectivity index is 2.41. The van der Waals surface area contributed by atoms with Crippen molar-refractivity contribution in [3.8, 4) is 11.5 Å². The molecule has 108 valence electrons. The van der Waals surface area contributed by atoms with E-state index in [1.807, 2.05) is 0 Å². The van der Waals surface area contributed by atoms with Crippen molar-refractivity contribution in [2.24, 2.45) is 0 Å². The van der Waals surface area contributed by atoms with E-state index in [4.69, 9.17) is 9.84 Å². The molecule has 0 unspecified atom stereocenters. The molecular weight excluding hydrogens is 349 g/mol. The summed E-state index contributed by atoms with van der Waals surface area (Å²) in [6.07, 6.45) is 0. The molecule has 0 aromatic heterocycles. The van der Waals surface area contributed by atoms with E-state index < -0.39 is 22.4 Å². The SMILES string of the molecule is O=C(O)c1ccc(Oc2ccc(Br)c(F)c2)c([N+](=O)[O-])c1. The number of ether oxygens (including phenoxy) is 1. The Bertz CT molecular complexity index is 734. The van der Waals surface area contributed by atoms with Crippen LogP contribution in [0, 0.1) is 15.9 Å². The van der Waals surface area contributed by atoms with Crippen molar-refractivity contribution < 1.29 is 24.0 Å². The molecule has 1 N–H and O–H groups in total. The van der Waals surface area contributed by atoms with Gasteiger partial charge < -0.3 is 9.84 Å². The summed E-state index contributed by atoms with van der Waals surface area (Å²) in [6.45, 7) is 0. The smallest absolute Gasteiger partial charge is 0.335 e. The number of nitrogens with zero attached hydrogens (tertiary/aromatic N) is 1. The van der Waals surface area contributed by atoms with Gasteiger partial charge >= 0.3 is 11.7 Å². The van der Waals surface area contributed by atoms with E-state index >= 15 is 0 Å². The maximum atomic E-state index is 13.4. The fourth-order valence-corrected chi connectivity index (χ4v) is 1.79. The van der Waals surface area contributed by atoms with E-state index in [9.17, 15) is 19.3 Å². The molecule has 2 rings (SSSR count). The van der Waals surface area contributed by atoms with Crippen LogP contribution in [0.1, 0.15) is 10.4 Å². The summed E-state index contributed by atoms with van der Waals surface area (Å²) in [6, 6.07) is 7.07. The predicted molar refractivity (Wildman–Crippen MR) is 74.2 cm³/mol. The zero-order valence-electron chi connectivity index (χ0n) is 10.2. The Morgan fingerprint density at radius 2 is 2.00 bits per heavy atom. The molecule has 0 aliphatic rings. The number of halogens is 2. The monoisotopic (exact) mass is 355 g/mol. The van der Waals surface area contributed by atoms with Gasteiger partial charge in [0.15, 0.2) is 0 Å². The minimum Gasteiger partial charge on any atom is -0.478 e. The summed E-state index contributed by atoms with van der Waals surface area (Å²) in [5.41, 5.74) is -0.755. The van der Waals surface area contributed by atoms with E-state index in [1.54, 1.807) is 0 Å². The lowest BCUT2D eigenvalue weighted by Gasteiger charge is -2.07. The first-order valence-electron chi connectivity index (χ1n) is 5.53. The Kier molecular flexibility index (Phi) is 4.18. The molecule has 21 heavy (non-hydrogen) atoms. The highest BCUT2D eigenvalue weighted by atomic mass is 79.9. The highest BCUT2D eigenvalue weighted by Crippen LogP contribution is 2.33. The van der Waals surface area contributed by atoms with Crippen LogP contribution in [0.15, 0.2) is 40.9 Å². The normalized spacial score (nSPS) is 10.2. The standard InChI is InChI=1S/C13H7BrFNO5/c14-9-3-2-8(6-10(9)15)21-12-4-1-7(13(17)18)5-11(12)16(19)20/h1-6H,(H,17,18). The molecule has 0 aliphatic heterocycles. The molecule has 0 atom stereocenters. The van der Waals surface area contributed by atoms with Crippen LogP contribution in [-0.4, -0.2) is 16.0 Å². The molecule has 0 fully saturated rings. The molecule has 0 aliphatic carbocycles. The van der Waals surface area contributed by atoms with Gasteiger partial charge in [-0.3, -0.25) is 10.1 Å². The largest absolute Gasteiger partial charge is 0.478 e. The molecule has 0 saturated carbocycles. The molecule has 2 aromatic rings. The molecule has 0 amide bonds. The second-order valence-corrected chi connectivity index (χ2v) is 4.78. The Morgan fingerprint density at radius 3 is 2.57 bits per heavy atom. The molecule has 0 radical (unpaired) electrons. The minimum absolute atomic E-state index is 0.0573. The quantitative estimate of drug-likeness (QED) is 0.661. The molecule has 8 heteroatoms. The number of benzene rings is 2. The van der Waals surface area contributed by atoms with Crippen LogP contribution in [-0.2, 0) is 0 Å². The van der Waals surface area contributed by atoms with Crippen LogP contribution < -0.4 is 4.74 Å². The molecule has 6 nitrogen and oxygen atoms in total. The number of nitro groups is 1. The van der Waals surface area contributed by atoms with Crippen LogP contribution in [0.5, 0.6) is 11.5 Å². The van der Waals surface area contributed by atoms with Gasteiger partial charge in [0.05, 0.1) is 15.0 Å². The van der Waals surface area contributed by atoms with Crippen molar-refractivity contribution >= 4 is 27.6 Å². The van der Waals surface area contributed by atoms with Gasteiger partial charge in [-0.1, -0.05) is 0 Å². The van der Waals surface area contributed by atoms with Crippen LogP contribution >= 0.6 is 15.9 Å².